The number of thioether (sulfide) groups is 1. The molecule has 0 unspecified atom stereocenters. The highest BCUT2D eigenvalue weighted by Crippen LogP contribution is 2.50. The summed E-state index contributed by atoms with van der Waals surface area (Å²) in [5.74, 6) is -0.0681. The van der Waals surface area contributed by atoms with Gasteiger partial charge in [0.05, 0.1) is 5.69 Å². The van der Waals surface area contributed by atoms with Crippen molar-refractivity contribution in [1.29, 1.82) is 0 Å². The molecule has 164 valence electrons. The third-order valence-electron chi connectivity index (χ3n) is 5.33. The molecule has 2 aliphatic rings. The van der Waals surface area contributed by atoms with E-state index in [1.165, 1.54) is 29.2 Å². The zero-order valence-electron chi connectivity index (χ0n) is 16.2. The van der Waals surface area contributed by atoms with Gasteiger partial charge in [0.1, 0.15) is 11.2 Å². The molecule has 2 fully saturated rings. The highest BCUT2D eigenvalue weighted by molar-refractivity contribution is 8.00. The molecule has 1 saturated carbocycles. The summed E-state index contributed by atoms with van der Waals surface area (Å²) < 4.78 is 37.7. The number of tetrazole rings is 1. The average Bonchev–Trinajstić information content (AvgIpc) is 3.31. The number of urea groups is 1. The Morgan fingerprint density at radius 3 is 2.50 bits per heavy atom. The number of carbonyl (C=O) groups excluding carboxylic acids is 2. The van der Waals surface area contributed by atoms with Crippen LogP contribution in [0.3, 0.4) is 0 Å². The van der Waals surface area contributed by atoms with E-state index in [0.29, 0.717) is 24.4 Å². The fourth-order valence-electron chi connectivity index (χ4n) is 3.71. The number of halogens is 3. The van der Waals surface area contributed by atoms with Crippen molar-refractivity contribution in [3.8, 4) is 11.5 Å². The van der Waals surface area contributed by atoms with Gasteiger partial charge in [0.15, 0.2) is 0 Å². The number of imide groups is 1. The number of hydrogen-bond donors (Lipinski definition) is 1. The molecule has 1 aliphatic heterocycles. The van der Waals surface area contributed by atoms with Crippen molar-refractivity contribution >= 4 is 29.4 Å². The summed E-state index contributed by atoms with van der Waals surface area (Å²) in [5, 5.41) is 13.6. The van der Waals surface area contributed by atoms with Crippen molar-refractivity contribution in [2.24, 2.45) is 0 Å². The van der Waals surface area contributed by atoms with E-state index in [-0.39, 0.29) is 34.8 Å². The molecule has 5 rings (SSSR count). The number of benzene rings is 1. The fraction of sp³-hybridized carbons (Fsp3) is 0.263. The number of H-pyrrole nitrogens is 1. The van der Waals surface area contributed by atoms with Gasteiger partial charge in [0.2, 0.25) is 5.82 Å². The zero-order valence-corrected chi connectivity index (χ0v) is 17.0. The van der Waals surface area contributed by atoms with E-state index in [1.54, 1.807) is 18.3 Å². The van der Waals surface area contributed by atoms with Crippen LogP contribution in [0.2, 0.25) is 0 Å². The van der Waals surface area contributed by atoms with E-state index in [1.807, 2.05) is 0 Å². The number of nitrogens with one attached hydrogen (secondary N) is 1. The summed E-state index contributed by atoms with van der Waals surface area (Å²) in [4.78, 5) is 33.0. The lowest BCUT2D eigenvalue weighted by Gasteiger charge is -2.21. The predicted octanol–water partition coefficient (Wildman–Crippen LogP) is 3.38. The van der Waals surface area contributed by atoms with Gasteiger partial charge in [0.25, 0.3) is 5.91 Å². The Kier molecular flexibility index (Phi) is 4.65. The normalized spacial score (nSPS) is 17.5. The van der Waals surface area contributed by atoms with Crippen molar-refractivity contribution in [2.75, 3.05) is 4.90 Å². The molecule has 32 heavy (non-hydrogen) atoms. The highest BCUT2D eigenvalue weighted by Gasteiger charge is 2.65. The Labute approximate surface area is 183 Å². The smallest absolute Gasteiger partial charge is 0.305 e. The number of anilines is 1. The highest BCUT2D eigenvalue weighted by atomic mass is 32.2. The van der Waals surface area contributed by atoms with Crippen LogP contribution < -0.4 is 4.90 Å². The standard InChI is InChI=1S/C19H14F3N7O2S/c20-19(21,22)32-13-3-1-12(2-4-13)29-16(30)18(6-7-18)28(17(29)31)10-11-5-8-23-14(9-11)15-24-26-27-25-15/h1-5,8-9H,6-7,10H2,(H,24,25,26,27). The largest absolute Gasteiger partial charge is 0.446 e. The molecule has 1 N–H and O–H groups in total. The molecule has 1 saturated heterocycles. The lowest BCUT2D eigenvalue weighted by atomic mass is 10.1. The summed E-state index contributed by atoms with van der Waals surface area (Å²) in [7, 11) is 0. The first-order valence-electron chi connectivity index (χ1n) is 9.48. The minimum absolute atomic E-state index is 0.0240. The number of alkyl halides is 3. The van der Waals surface area contributed by atoms with Crippen LogP contribution in [0.25, 0.3) is 11.5 Å². The van der Waals surface area contributed by atoms with Crippen LogP contribution in [-0.4, -0.2) is 53.5 Å². The molecule has 9 nitrogen and oxygen atoms in total. The Balaban J connectivity index is 1.39. The van der Waals surface area contributed by atoms with Gasteiger partial charge in [-0.25, -0.2) is 9.69 Å². The van der Waals surface area contributed by atoms with Crippen molar-refractivity contribution in [3.63, 3.8) is 0 Å². The first-order chi connectivity index (χ1) is 15.3. The number of aromatic amines is 1. The van der Waals surface area contributed by atoms with E-state index < -0.39 is 17.1 Å². The Morgan fingerprint density at radius 2 is 1.88 bits per heavy atom. The fourth-order valence-corrected chi connectivity index (χ4v) is 4.25. The van der Waals surface area contributed by atoms with Gasteiger partial charge in [0, 0.05) is 17.6 Å². The average molecular weight is 461 g/mol. The Morgan fingerprint density at radius 1 is 1.12 bits per heavy atom. The molecule has 1 aromatic carbocycles. The third kappa shape index (κ3) is 3.57. The minimum Gasteiger partial charge on any atom is -0.305 e. The van der Waals surface area contributed by atoms with Crippen LogP contribution in [0, 0.1) is 0 Å². The van der Waals surface area contributed by atoms with Gasteiger partial charge in [-0.1, -0.05) is 0 Å². The molecular weight excluding hydrogens is 447 g/mol. The second kappa shape index (κ2) is 7.29. The van der Waals surface area contributed by atoms with E-state index >= 15 is 0 Å². The van der Waals surface area contributed by atoms with Crippen LogP contribution in [0.4, 0.5) is 23.7 Å². The maximum absolute atomic E-state index is 13.2. The number of rotatable bonds is 5. The second-order valence-corrected chi connectivity index (χ2v) is 8.51. The SMILES string of the molecule is O=C1N(c2ccc(SC(F)(F)F)cc2)C(=O)C2(CC2)N1Cc1ccnc(-c2nn[nH]n2)c1. The third-order valence-corrected chi connectivity index (χ3v) is 6.07. The van der Waals surface area contributed by atoms with Crippen LogP contribution in [0.15, 0.2) is 47.5 Å². The van der Waals surface area contributed by atoms with Gasteiger partial charge in [-0.05, 0) is 71.8 Å². The van der Waals surface area contributed by atoms with E-state index in [2.05, 4.69) is 25.6 Å². The molecule has 0 atom stereocenters. The Bertz CT molecular complexity index is 1180. The second-order valence-electron chi connectivity index (χ2n) is 7.37. The molecule has 3 aromatic rings. The van der Waals surface area contributed by atoms with Gasteiger partial charge >= 0.3 is 11.5 Å². The Hall–Kier alpha value is -3.48. The van der Waals surface area contributed by atoms with E-state index in [9.17, 15) is 22.8 Å². The predicted molar refractivity (Wildman–Crippen MR) is 106 cm³/mol. The molecule has 13 heteroatoms. The molecule has 0 radical (unpaired) electrons. The molecule has 3 heterocycles. The van der Waals surface area contributed by atoms with Gasteiger partial charge in [-0.2, -0.15) is 18.4 Å². The minimum atomic E-state index is -4.42. The molecule has 1 spiro atoms. The van der Waals surface area contributed by atoms with E-state index in [0.717, 1.165) is 10.5 Å². The van der Waals surface area contributed by atoms with Crippen LogP contribution in [0.5, 0.6) is 0 Å². The summed E-state index contributed by atoms with van der Waals surface area (Å²) in [6.45, 7) is 0.163. The summed E-state index contributed by atoms with van der Waals surface area (Å²) in [5.41, 5.74) is -3.91. The number of aromatic nitrogens is 5. The monoisotopic (exact) mass is 461 g/mol. The number of nitrogens with zero attached hydrogens (tertiary/aromatic N) is 6. The number of hydrogen-bond acceptors (Lipinski definition) is 7. The zero-order chi connectivity index (χ0) is 22.5. The van der Waals surface area contributed by atoms with Crippen molar-refractivity contribution in [2.45, 2.75) is 35.3 Å². The molecule has 2 aromatic heterocycles. The van der Waals surface area contributed by atoms with Gasteiger partial charge < -0.3 is 4.90 Å². The molecule has 0 bridgehead atoms. The van der Waals surface area contributed by atoms with Crippen molar-refractivity contribution in [3.05, 3.63) is 48.2 Å². The van der Waals surface area contributed by atoms with Crippen LogP contribution in [-0.2, 0) is 11.3 Å². The summed E-state index contributed by atoms with van der Waals surface area (Å²) in [6, 6.07) is 8.12. The number of carbonyl (C=O) groups is 2. The van der Waals surface area contributed by atoms with E-state index in [4.69, 9.17) is 0 Å². The van der Waals surface area contributed by atoms with Crippen molar-refractivity contribution < 1.29 is 22.8 Å². The molecule has 3 amide bonds. The summed E-state index contributed by atoms with van der Waals surface area (Å²) >= 11 is -0.253. The maximum atomic E-state index is 13.2. The lowest BCUT2D eigenvalue weighted by Crippen LogP contribution is -2.36. The lowest BCUT2D eigenvalue weighted by molar-refractivity contribution is -0.120. The van der Waals surface area contributed by atoms with Gasteiger partial charge in [-0.3, -0.25) is 9.78 Å². The van der Waals surface area contributed by atoms with Gasteiger partial charge in [-0.15, -0.1) is 10.2 Å². The van der Waals surface area contributed by atoms with Crippen LogP contribution in [0.1, 0.15) is 18.4 Å². The number of amides is 3. The quantitative estimate of drug-likeness (QED) is 0.458. The first-order valence-corrected chi connectivity index (χ1v) is 10.3. The molecule has 1 aliphatic carbocycles. The maximum Gasteiger partial charge on any atom is 0.446 e. The summed E-state index contributed by atoms with van der Waals surface area (Å²) in [6.07, 6.45) is 2.61. The number of pyridine rings is 1. The van der Waals surface area contributed by atoms with Crippen molar-refractivity contribution in [1.82, 2.24) is 30.5 Å². The van der Waals surface area contributed by atoms with Crippen LogP contribution >= 0.6 is 11.8 Å². The molecular formula is C19H14F3N7O2S. The topological polar surface area (TPSA) is 108 Å². The first kappa shape index (κ1) is 20.4.